The Morgan fingerprint density at radius 3 is 2.52 bits per heavy atom. The van der Waals surface area contributed by atoms with Gasteiger partial charge in [-0.3, -0.25) is 9.69 Å². The molecule has 0 aromatic heterocycles. The van der Waals surface area contributed by atoms with E-state index < -0.39 is 5.54 Å². The molecule has 1 aliphatic carbocycles. The molecular formula is C16H32N2O3. The van der Waals surface area contributed by atoms with Gasteiger partial charge in [-0.15, -0.1) is 0 Å². The van der Waals surface area contributed by atoms with E-state index in [0.717, 1.165) is 38.5 Å². The molecule has 0 saturated heterocycles. The number of esters is 1. The van der Waals surface area contributed by atoms with Gasteiger partial charge in [-0.05, 0) is 58.4 Å². The molecule has 0 spiro atoms. The van der Waals surface area contributed by atoms with E-state index >= 15 is 0 Å². The maximum Gasteiger partial charge on any atom is 0.325 e. The van der Waals surface area contributed by atoms with Crippen molar-refractivity contribution in [2.45, 2.75) is 57.5 Å². The molecular weight excluding hydrogens is 268 g/mol. The van der Waals surface area contributed by atoms with E-state index in [1.54, 1.807) is 14.0 Å². The SMILES string of the molecule is COCCN(CCCCC(C)(N)C(=O)OC)C(C)C1CC1. The first-order chi connectivity index (χ1) is 9.92. The number of carbonyl (C=O) groups excluding carboxylic acids is 1. The predicted molar refractivity (Wildman–Crippen MR) is 84.1 cm³/mol. The van der Waals surface area contributed by atoms with Crippen LogP contribution in [0.25, 0.3) is 0 Å². The lowest BCUT2D eigenvalue weighted by atomic mass is 9.96. The second kappa shape index (κ2) is 8.71. The van der Waals surface area contributed by atoms with E-state index in [-0.39, 0.29) is 5.97 Å². The van der Waals surface area contributed by atoms with Gasteiger partial charge in [0.1, 0.15) is 5.54 Å². The molecule has 21 heavy (non-hydrogen) atoms. The Labute approximate surface area is 129 Å². The molecule has 0 aliphatic heterocycles. The third kappa shape index (κ3) is 6.32. The summed E-state index contributed by atoms with van der Waals surface area (Å²) in [6.07, 6.45) is 5.35. The Hall–Kier alpha value is -0.650. The van der Waals surface area contributed by atoms with Gasteiger partial charge in [0.25, 0.3) is 0 Å². The average molecular weight is 300 g/mol. The van der Waals surface area contributed by atoms with Gasteiger partial charge in [-0.25, -0.2) is 0 Å². The summed E-state index contributed by atoms with van der Waals surface area (Å²) >= 11 is 0. The summed E-state index contributed by atoms with van der Waals surface area (Å²) in [5.74, 6) is 0.529. The normalized spacial score (nSPS) is 19.3. The molecule has 0 amide bonds. The van der Waals surface area contributed by atoms with E-state index in [4.69, 9.17) is 15.2 Å². The van der Waals surface area contributed by atoms with Crippen LogP contribution in [0, 0.1) is 5.92 Å². The summed E-state index contributed by atoms with van der Waals surface area (Å²) in [6, 6.07) is 0.630. The average Bonchev–Trinajstić information content (AvgIpc) is 3.29. The van der Waals surface area contributed by atoms with Gasteiger partial charge in [0.05, 0.1) is 13.7 Å². The summed E-state index contributed by atoms with van der Waals surface area (Å²) in [4.78, 5) is 14.0. The summed E-state index contributed by atoms with van der Waals surface area (Å²) in [7, 11) is 3.13. The van der Waals surface area contributed by atoms with E-state index in [1.807, 2.05) is 0 Å². The van der Waals surface area contributed by atoms with Gasteiger partial charge in [-0.1, -0.05) is 0 Å². The molecule has 1 fully saturated rings. The van der Waals surface area contributed by atoms with E-state index in [0.29, 0.717) is 12.5 Å². The van der Waals surface area contributed by atoms with Crippen LogP contribution in [-0.4, -0.2) is 56.4 Å². The highest BCUT2D eigenvalue weighted by Crippen LogP contribution is 2.35. The maximum atomic E-state index is 11.5. The second-order valence-electron chi connectivity index (χ2n) is 6.47. The number of hydrogen-bond donors (Lipinski definition) is 1. The van der Waals surface area contributed by atoms with Crippen molar-refractivity contribution in [3.8, 4) is 0 Å². The molecule has 5 heteroatoms. The van der Waals surface area contributed by atoms with Crippen molar-refractivity contribution in [3.05, 3.63) is 0 Å². The van der Waals surface area contributed by atoms with Crippen LogP contribution in [0.4, 0.5) is 0 Å². The highest BCUT2D eigenvalue weighted by Gasteiger charge is 2.32. The fraction of sp³-hybridized carbons (Fsp3) is 0.938. The van der Waals surface area contributed by atoms with Crippen LogP contribution in [0.2, 0.25) is 0 Å². The van der Waals surface area contributed by atoms with Crippen LogP contribution < -0.4 is 5.73 Å². The monoisotopic (exact) mass is 300 g/mol. The molecule has 2 N–H and O–H groups in total. The molecule has 0 aromatic rings. The summed E-state index contributed by atoms with van der Waals surface area (Å²) in [5.41, 5.74) is 5.11. The highest BCUT2D eigenvalue weighted by atomic mass is 16.5. The van der Waals surface area contributed by atoms with Crippen LogP contribution in [0.1, 0.15) is 46.0 Å². The lowest BCUT2D eigenvalue weighted by molar-refractivity contribution is -0.146. The molecule has 0 aromatic carbocycles. The van der Waals surface area contributed by atoms with Crippen LogP contribution in [0.15, 0.2) is 0 Å². The standard InChI is InChI=1S/C16H32N2O3/c1-13(14-7-8-14)18(11-12-20-3)10-6-5-9-16(2,17)15(19)21-4/h13-14H,5-12,17H2,1-4H3. The number of nitrogens with zero attached hydrogens (tertiary/aromatic N) is 1. The minimum absolute atomic E-state index is 0.329. The van der Waals surface area contributed by atoms with Crippen molar-refractivity contribution in [3.63, 3.8) is 0 Å². The number of rotatable bonds is 11. The molecule has 2 unspecified atom stereocenters. The van der Waals surface area contributed by atoms with Gasteiger partial charge in [0.15, 0.2) is 0 Å². The Kier molecular flexibility index (Phi) is 7.63. The van der Waals surface area contributed by atoms with Crippen LogP contribution in [0.3, 0.4) is 0 Å². The summed E-state index contributed by atoms with van der Waals surface area (Å²) in [6.45, 7) is 6.85. The summed E-state index contributed by atoms with van der Waals surface area (Å²) < 4.78 is 9.94. The van der Waals surface area contributed by atoms with Gasteiger partial charge < -0.3 is 15.2 Å². The Bertz CT molecular complexity index is 317. The Morgan fingerprint density at radius 1 is 1.33 bits per heavy atom. The molecule has 1 aliphatic rings. The number of ether oxygens (including phenoxy) is 2. The van der Waals surface area contributed by atoms with Crippen molar-refractivity contribution in [2.24, 2.45) is 11.7 Å². The largest absolute Gasteiger partial charge is 0.468 e. The van der Waals surface area contributed by atoms with Crippen molar-refractivity contribution in [1.29, 1.82) is 0 Å². The molecule has 2 atom stereocenters. The van der Waals surface area contributed by atoms with Crippen LogP contribution >= 0.6 is 0 Å². The first-order valence-corrected chi connectivity index (χ1v) is 8.02. The second-order valence-corrected chi connectivity index (χ2v) is 6.47. The zero-order valence-electron chi connectivity index (χ0n) is 14.1. The topological polar surface area (TPSA) is 64.8 Å². The predicted octanol–water partition coefficient (Wildman–Crippen LogP) is 1.79. The zero-order chi connectivity index (χ0) is 15.9. The van der Waals surface area contributed by atoms with E-state index in [2.05, 4.69) is 11.8 Å². The van der Waals surface area contributed by atoms with Crippen molar-refractivity contribution < 1.29 is 14.3 Å². The molecule has 0 radical (unpaired) electrons. The minimum Gasteiger partial charge on any atom is -0.468 e. The zero-order valence-corrected chi connectivity index (χ0v) is 14.1. The fourth-order valence-corrected chi connectivity index (χ4v) is 2.75. The minimum atomic E-state index is -0.867. The van der Waals surface area contributed by atoms with Crippen molar-refractivity contribution in [2.75, 3.05) is 33.9 Å². The summed E-state index contributed by atoms with van der Waals surface area (Å²) in [5, 5.41) is 0. The van der Waals surface area contributed by atoms with E-state index in [9.17, 15) is 4.79 Å². The number of nitrogens with two attached hydrogens (primary N) is 1. The number of hydrogen-bond acceptors (Lipinski definition) is 5. The van der Waals surface area contributed by atoms with Gasteiger partial charge in [-0.2, -0.15) is 0 Å². The third-order valence-corrected chi connectivity index (χ3v) is 4.51. The van der Waals surface area contributed by atoms with Gasteiger partial charge in [0.2, 0.25) is 0 Å². The Balaban J connectivity index is 2.30. The quantitative estimate of drug-likeness (QED) is 0.465. The number of carbonyl (C=O) groups is 1. The van der Waals surface area contributed by atoms with E-state index in [1.165, 1.54) is 20.0 Å². The molecule has 1 rings (SSSR count). The first-order valence-electron chi connectivity index (χ1n) is 8.02. The lowest BCUT2D eigenvalue weighted by Crippen LogP contribution is -2.45. The molecule has 5 nitrogen and oxygen atoms in total. The van der Waals surface area contributed by atoms with Crippen LogP contribution in [0.5, 0.6) is 0 Å². The molecule has 0 bridgehead atoms. The molecule has 0 heterocycles. The molecule has 124 valence electrons. The number of methoxy groups -OCH3 is 2. The van der Waals surface area contributed by atoms with Gasteiger partial charge >= 0.3 is 5.97 Å². The van der Waals surface area contributed by atoms with Gasteiger partial charge in [0, 0.05) is 19.7 Å². The Morgan fingerprint density at radius 2 is 2.00 bits per heavy atom. The highest BCUT2D eigenvalue weighted by molar-refractivity contribution is 5.79. The van der Waals surface area contributed by atoms with Crippen molar-refractivity contribution >= 4 is 5.97 Å². The van der Waals surface area contributed by atoms with Crippen LogP contribution in [-0.2, 0) is 14.3 Å². The number of unbranched alkanes of at least 4 members (excludes halogenated alkanes) is 1. The maximum absolute atomic E-state index is 11.5. The molecule has 1 saturated carbocycles. The van der Waals surface area contributed by atoms with Crippen molar-refractivity contribution in [1.82, 2.24) is 4.90 Å². The fourth-order valence-electron chi connectivity index (χ4n) is 2.75. The smallest absolute Gasteiger partial charge is 0.325 e. The first kappa shape index (κ1) is 18.4. The lowest BCUT2D eigenvalue weighted by Gasteiger charge is -2.29. The third-order valence-electron chi connectivity index (χ3n) is 4.51.